The van der Waals surface area contributed by atoms with E-state index in [0.29, 0.717) is 11.4 Å². The number of nitrogens with zero attached hydrogens (tertiary/aromatic N) is 9. The van der Waals surface area contributed by atoms with E-state index in [2.05, 4.69) is 40.1 Å². The SMILES string of the molecule is COC(=O)Cc1nn(-c2nc(C)cc(C)n2)c2c1nnc1nc(C(F)(F)F)nn12. The zero-order valence-corrected chi connectivity index (χ0v) is 15.3. The molecule has 0 aromatic carbocycles. The lowest BCUT2D eigenvalue weighted by atomic mass is 10.3. The van der Waals surface area contributed by atoms with Crippen LogP contribution in [0.5, 0.6) is 0 Å². The first kappa shape index (κ1) is 18.6. The highest BCUT2D eigenvalue weighted by atomic mass is 19.4. The van der Waals surface area contributed by atoms with E-state index in [1.807, 2.05) is 0 Å². The molecule has 4 aromatic heterocycles. The van der Waals surface area contributed by atoms with Gasteiger partial charge in [0, 0.05) is 11.4 Å². The second-order valence-electron chi connectivity index (χ2n) is 6.08. The summed E-state index contributed by atoms with van der Waals surface area (Å²) in [5.41, 5.74) is 1.37. The summed E-state index contributed by atoms with van der Waals surface area (Å²) in [5, 5.41) is 15.3. The predicted molar refractivity (Wildman–Crippen MR) is 89.0 cm³/mol. The third-order valence-electron chi connectivity index (χ3n) is 3.89. The van der Waals surface area contributed by atoms with Gasteiger partial charge in [0.1, 0.15) is 5.69 Å². The van der Waals surface area contributed by atoms with Crippen LogP contribution in [0.1, 0.15) is 22.9 Å². The number of carbonyl (C=O) groups is 1. The van der Waals surface area contributed by atoms with Crippen LogP contribution in [0.4, 0.5) is 13.2 Å². The van der Waals surface area contributed by atoms with Crippen molar-refractivity contribution < 1.29 is 22.7 Å². The van der Waals surface area contributed by atoms with Gasteiger partial charge in [-0.1, -0.05) is 0 Å². The van der Waals surface area contributed by atoms with Crippen molar-refractivity contribution in [2.45, 2.75) is 26.4 Å². The summed E-state index contributed by atoms with van der Waals surface area (Å²) in [5.74, 6) is -2.32. The van der Waals surface area contributed by atoms with Crippen molar-refractivity contribution in [3.8, 4) is 5.95 Å². The van der Waals surface area contributed by atoms with Crippen molar-refractivity contribution in [2.24, 2.45) is 0 Å². The van der Waals surface area contributed by atoms with Crippen molar-refractivity contribution in [3.05, 3.63) is 29.0 Å². The molecule has 0 aliphatic rings. The minimum Gasteiger partial charge on any atom is -0.469 e. The van der Waals surface area contributed by atoms with E-state index in [0.717, 1.165) is 9.20 Å². The molecule has 0 spiro atoms. The second kappa shape index (κ2) is 6.42. The lowest BCUT2D eigenvalue weighted by Crippen LogP contribution is -2.10. The molecule has 0 aliphatic carbocycles. The average Bonchev–Trinajstić information content (AvgIpc) is 3.22. The van der Waals surface area contributed by atoms with Crippen LogP contribution in [-0.2, 0) is 22.1 Å². The third kappa shape index (κ3) is 3.21. The molecule has 0 saturated carbocycles. The number of halogens is 3. The van der Waals surface area contributed by atoms with Gasteiger partial charge >= 0.3 is 12.1 Å². The van der Waals surface area contributed by atoms with Crippen molar-refractivity contribution in [2.75, 3.05) is 7.11 Å². The Morgan fingerprint density at radius 3 is 2.41 bits per heavy atom. The molecule has 14 heteroatoms. The highest BCUT2D eigenvalue weighted by Crippen LogP contribution is 2.27. The number of alkyl halides is 3. The van der Waals surface area contributed by atoms with E-state index in [9.17, 15) is 18.0 Å². The molecule has 0 amide bonds. The smallest absolute Gasteiger partial charge is 0.453 e. The Hall–Kier alpha value is -3.71. The van der Waals surface area contributed by atoms with Crippen LogP contribution in [0.2, 0.25) is 0 Å². The molecule has 4 aromatic rings. The van der Waals surface area contributed by atoms with Gasteiger partial charge in [0.2, 0.25) is 0 Å². The molecule has 0 radical (unpaired) electrons. The van der Waals surface area contributed by atoms with Gasteiger partial charge in [0.15, 0.2) is 11.2 Å². The highest BCUT2D eigenvalue weighted by molar-refractivity contribution is 5.82. The fourth-order valence-corrected chi connectivity index (χ4v) is 2.73. The summed E-state index contributed by atoms with van der Waals surface area (Å²) in [6.45, 7) is 3.46. The van der Waals surface area contributed by atoms with Gasteiger partial charge in [-0.05, 0) is 19.9 Å². The van der Waals surface area contributed by atoms with Crippen molar-refractivity contribution in [3.63, 3.8) is 0 Å². The summed E-state index contributed by atoms with van der Waals surface area (Å²) in [6, 6.07) is 1.72. The molecule has 0 bridgehead atoms. The lowest BCUT2D eigenvalue weighted by Gasteiger charge is -2.04. The zero-order valence-electron chi connectivity index (χ0n) is 15.3. The Morgan fingerprint density at radius 1 is 1.10 bits per heavy atom. The van der Waals surface area contributed by atoms with Crippen LogP contribution in [0.15, 0.2) is 6.07 Å². The van der Waals surface area contributed by atoms with Gasteiger partial charge < -0.3 is 4.74 Å². The molecule has 0 fully saturated rings. The fourth-order valence-electron chi connectivity index (χ4n) is 2.73. The van der Waals surface area contributed by atoms with Crippen LogP contribution in [-0.4, -0.2) is 57.6 Å². The van der Waals surface area contributed by atoms with Gasteiger partial charge in [-0.25, -0.2) is 9.97 Å². The number of ether oxygens (including phenoxy) is 1. The largest absolute Gasteiger partial charge is 0.469 e. The number of aryl methyl sites for hydroxylation is 2. The van der Waals surface area contributed by atoms with Crippen molar-refractivity contribution in [1.82, 2.24) is 44.5 Å². The molecule has 0 aliphatic heterocycles. The Balaban J connectivity index is 2.06. The number of carbonyl (C=O) groups excluding carboxylic acids is 1. The molecule has 150 valence electrons. The van der Waals surface area contributed by atoms with Crippen molar-refractivity contribution >= 4 is 22.9 Å². The van der Waals surface area contributed by atoms with Crippen LogP contribution < -0.4 is 0 Å². The number of methoxy groups -OCH3 is 1. The molecule has 0 saturated heterocycles. The van der Waals surface area contributed by atoms with E-state index in [-0.39, 0.29) is 35.0 Å². The minimum absolute atomic E-state index is 0.0121. The second-order valence-corrected chi connectivity index (χ2v) is 6.08. The van der Waals surface area contributed by atoms with E-state index in [1.165, 1.54) is 7.11 Å². The van der Waals surface area contributed by atoms with Gasteiger partial charge in [-0.3, -0.25) is 4.79 Å². The number of hydrogen-bond donors (Lipinski definition) is 0. The minimum atomic E-state index is -4.78. The maximum atomic E-state index is 13.1. The lowest BCUT2D eigenvalue weighted by molar-refractivity contribution is -0.144. The molecule has 4 rings (SSSR count). The number of esters is 1. The van der Waals surface area contributed by atoms with Gasteiger partial charge in [0.25, 0.3) is 17.6 Å². The zero-order chi connectivity index (χ0) is 20.9. The van der Waals surface area contributed by atoms with E-state index < -0.39 is 18.0 Å². The molecular formula is C15H12F3N9O2. The van der Waals surface area contributed by atoms with Crippen molar-refractivity contribution in [1.29, 1.82) is 0 Å². The molecule has 0 unspecified atom stereocenters. The van der Waals surface area contributed by atoms with Gasteiger partial charge in [-0.2, -0.15) is 32.5 Å². The third-order valence-corrected chi connectivity index (χ3v) is 3.89. The Morgan fingerprint density at radius 2 is 1.79 bits per heavy atom. The normalized spacial score (nSPS) is 12.1. The first-order valence-electron chi connectivity index (χ1n) is 8.15. The summed E-state index contributed by atoms with van der Waals surface area (Å²) in [7, 11) is 1.20. The molecule has 0 N–H and O–H groups in total. The number of aromatic nitrogens is 9. The standard InChI is InChI=1S/C15H12F3N9O2/c1-6-4-7(2)20-13(19-6)26-11-10(8(24-26)5-9(28)29-3)22-23-14-21-12(15(16,17)18)25-27(11)14/h4H,5H2,1-3H3. The monoisotopic (exact) mass is 407 g/mol. The maximum Gasteiger partial charge on any atom is 0.453 e. The predicted octanol–water partition coefficient (Wildman–Crippen LogP) is 0.999. The maximum absolute atomic E-state index is 13.1. The van der Waals surface area contributed by atoms with Crippen LogP contribution >= 0.6 is 0 Å². The van der Waals surface area contributed by atoms with Crippen LogP contribution in [0.25, 0.3) is 22.9 Å². The molecule has 4 heterocycles. The highest BCUT2D eigenvalue weighted by Gasteiger charge is 2.37. The number of hydrogen-bond acceptors (Lipinski definition) is 9. The summed E-state index contributed by atoms with van der Waals surface area (Å²) < 4.78 is 45.9. The fraction of sp³-hybridized carbons (Fsp3) is 0.333. The molecule has 0 atom stereocenters. The van der Waals surface area contributed by atoms with Crippen LogP contribution in [0.3, 0.4) is 0 Å². The summed E-state index contributed by atoms with van der Waals surface area (Å²) in [4.78, 5) is 23.7. The van der Waals surface area contributed by atoms with E-state index in [1.54, 1.807) is 19.9 Å². The Labute approximate surface area is 159 Å². The summed E-state index contributed by atoms with van der Waals surface area (Å²) >= 11 is 0. The first-order chi connectivity index (χ1) is 13.7. The molecular weight excluding hydrogens is 395 g/mol. The summed E-state index contributed by atoms with van der Waals surface area (Å²) in [6.07, 6.45) is -5.07. The van der Waals surface area contributed by atoms with Crippen LogP contribution in [0, 0.1) is 13.8 Å². The Kier molecular flexibility index (Phi) is 4.13. The quantitative estimate of drug-likeness (QED) is 0.457. The van der Waals surface area contributed by atoms with E-state index >= 15 is 0 Å². The Bertz CT molecular complexity index is 1240. The van der Waals surface area contributed by atoms with Gasteiger partial charge in [-0.15, -0.1) is 15.3 Å². The topological polar surface area (TPSA) is 126 Å². The average molecular weight is 407 g/mol. The number of rotatable bonds is 3. The first-order valence-corrected chi connectivity index (χ1v) is 8.15. The molecule has 11 nitrogen and oxygen atoms in total. The number of fused-ring (bicyclic) bond motifs is 3. The van der Waals surface area contributed by atoms with Gasteiger partial charge in [0.05, 0.1) is 13.5 Å². The van der Waals surface area contributed by atoms with E-state index in [4.69, 9.17) is 0 Å². The molecule has 29 heavy (non-hydrogen) atoms.